The lowest BCUT2D eigenvalue weighted by Crippen LogP contribution is -2.37. The highest BCUT2D eigenvalue weighted by molar-refractivity contribution is 7.47. The number of allylic oxidation sites excluding steroid dienone is 36. The van der Waals surface area contributed by atoms with Crippen molar-refractivity contribution >= 4 is 19.8 Å². The van der Waals surface area contributed by atoms with Crippen LogP contribution in [0.5, 0.6) is 0 Å². The van der Waals surface area contributed by atoms with Crippen molar-refractivity contribution in [3.8, 4) is 0 Å². The third kappa shape index (κ3) is 75.4. The van der Waals surface area contributed by atoms with Gasteiger partial charge in [0, 0.05) is 12.8 Å². The molecule has 0 saturated carbocycles. The fraction of sp³-hybridized carbons (Fsp3) is 0.548. The van der Waals surface area contributed by atoms with Crippen LogP contribution in [-0.2, 0) is 32.7 Å². The maximum Gasteiger partial charge on any atom is 0.472 e. The summed E-state index contributed by atoms with van der Waals surface area (Å²) in [5.74, 6) is -0.883. The van der Waals surface area contributed by atoms with Gasteiger partial charge in [0.05, 0.1) is 27.7 Å². The van der Waals surface area contributed by atoms with E-state index in [1.807, 2.05) is 21.1 Å². The first-order valence-electron chi connectivity index (χ1n) is 36.5. The quantitative estimate of drug-likeness (QED) is 0.0211. The first kappa shape index (κ1) is 88.3. The minimum atomic E-state index is -4.42. The Kier molecular flexibility index (Phi) is 67.3. The lowest BCUT2D eigenvalue weighted by atomic mass is 10.0. The van der Waals surface area contributed by atoms with Crippen molar-refractivity contribution in [2.24, 2.45) is 0 Å². The predicted molar refractivity (Wildman–Crippen MR) is 408 cm³/mol. The normalized spacial score (nSPS) is 14.4. The molecule has 0 saturated heterocycles. The van der Waals surface area contributed by atoms with Crippen molar-refractivity contribution in [1.29, 1.82) is 0 Å². The maximum absolute atomic E-state index is 12.9. The molecule has 0 heterocycles. The van der Waals surface area contributed by atoms with Gasteiger partial charge < -0.3 is 18.9 Å². The van der Waals surface area contributed by atoms with E-state index in [4.69, 9.17) is 18.5 Å². The smallest absolute Gasteiger partial charge is 0.462 e. The molecule has 9 nitrogen and oxygen atoms in total. The number of carbonyl (C=O) groups is 2. The summed E-state index contributed by atoms with van der Waals surface area (Å²) in [6.45, 7) is 4.11. The minimum absolute atomic E-state index is 0.0110. The zero-order valence-electron chi connectivity index (χ0n) is 59.8. The van der Waals surface area contributed by atoms with E-state index < -0.39 is 32.5 Å². The average molecular weight is 1320 g/mol. The number of rotatable bonds is 64. The van der Waals surface area contributed by atoms with Crippen LogP contribution in [0, 0.1) is 0 Å². The second-order valence-electron chi connectivity index (χ2n) is 24.5. The molecule has 0 amide bonds. The predicted octanol–water partition coefficient (Wildman–Crippen LogP) is 24.4. The summed E-state index contributed by atoms with van der Waals surface area (Å²) in [6, 6.07) is 0. The zero-order chi connectivity index (χ0) is 68.3. The molecule has 0 rings (SSSR count). The van der Waals surface area contributed by atoms with Crippen molar-refractivity contribution in [1.82, 2.24) is 0 Å². The Bertz CT molecular complexity index is 2390. The Labute approximate surface area is 576 Å². The standard InChI is InChI=1S/C84H132NO8P/c1-6-8-10-12-14-16-18-20-22-24-26-28-30-32-34-36-37-38-39-40-41-42-43-44-45-46-47-49-51-53-55-57-59-61-63-65-67-69-71-73-75-77-84(87)93-82(81-92-94(88,89)91-79-78-85(3,4)5)80-90-83(86)76-74-72-70-68-66-64-62-60-58-56-54-52-50-48-35-33-31-29-27-25-23-21-19-17-15-13-11-9-7-2/h8-11,14-17,20-23,26-29,32-35,37-38,40-41,43-44,46-47,50,52,56,58,62,64,68,70,82H,6-7,12-13,18-19,24-25,30-31,36,39,42,45,48-49,51,53-55,57,59-61,63,65-67,69,71-81H2,1-5H3/p+1/b10-8-,11-9-,16-14-,17-15-,22-20-,23-21-,28-26-,29-27-,34-32-,35-33-,38-37-,41-40-,44-43-,47-46-,52-50-,58-56-,64-62-,70-68-. The largest absolute Gasteiger partial charge is 0.472 e. The van der Waals surface area contributed by atoms with Crippen LogP contribution in [0.4, 0.5) is 0 Å². The van der Waals surface area contributed by atoms with Crippen LogP contribution >= 0.6 is 7.82 Å². The molecule has 10 heteroatoms. The minimum Gasteiger partial charge on any atom is -0.462 e. The molecule has 0 aromatic heterocycles. The van der Waals surface area contributed by atoms with Crippen LogP contribution in [0.1, 0.15) is 245 Å². The number of ether oxygens (including phenoxy) is 2. The van der Waals surface area contributed by atoms with E-state index in [1.165, 1.54) is 64.2 Å². The summed E-state index contributed by atoms with van der Waals surface area (Å²) in [7, 11) is 1.42. The molecule has 0 bridgehead atoms. The molecule has 2 unspecified atom stereocenters. The van der Waals surface area contributed by atoms with Crippen LogP contribution in [0.3, 0.4) is 0 Å². The zero-order valence-corrected chi connectivity index (χ0v) is 60.7. The van der Waals surface area contributed by atoms with E-state index in [1.54, 1.807) is 0 Å². The number of hydrogen-bond acceptors (Lipinski definition) is 7. The van der Waals surface area contributed by atoms with Crippen LogP contribution in [0.2, 0.25) is 0 Å². The van der Waals surface area contributed by atoms with Crippen molar-refractivity contribution in [2.75, 3.05) is 47.5 Å². The molecular weight excluding hydrogens is 1180 g/mol. The Morgan fingerprint density at radius 2 is 0.585 bits per heavy atom. The number of phosphoric acid groups is 1. The number of quaternary nitrogens is 1. The molecule has 0 spiro atoms. The lowest BCUT2D eigenvalue weighted by molar-refractivity contribution is -0.870. The third-order valence-corrected chi connectivity index (χ3v) is 15.5. The molecule has 0 fully saturated rings. The summed E-state index contributed by atoms with van der Waals surface area (Å²) in [6.07, 6.45) is 115. The summed E-state index contributed by atoms with van der Waals surface area (Å²) in [4.78, 5) is 35.9. The summed E-state index contributed by atoms with van der Waals surface area (Å²) in [5.41, 5.74) is 0. The second-order valence-corrected chi connectivity index (χ2v) is 26.0. The average Bonchev–Trinajstić information content (AvgIpc) is 1.57. The molecule has 0 aliphatic rings. The van der Waals surface area contributed by atoms with E-state index in [-0.39, 0.29) is 26.1 Å². The first-order chi connectivity index (χ1) is 46.0. The molecule has 526 valence electrons. The second kappa shape index (κ2) is 71.6. The molecule has 0 radical (unpaired) electrons. The Morgan fingerprint density at radius 1 is 0.330 bits per heavy atom. The van der Waals surface area contributed by atoms with E-state index in [0.717, 1.165) is 141 Å². The fourth-order valence-corrected chi connectivity index (χ4v) is 9.75. The third-order valence-electron chi connectivity index (χ3n) is 14.5. The molecule has 0 aromatic carbocycles. The van der Waals surface area contributed by atoms with E-state index >= 15 is 0 Å². The highest BCUT2D eigenvalue weighted by Crippen LogP contribution is 2.43. The van der Waals surface area contributed by atoms with Gasteiger partial charge in [-0.3, -0.25) is 18.6 Å². The van der Waals surface area contributed by atoms with Crippen molar-refractivity contribution < 1.29 is 42.1 Å². The monoisotopic (exact) mass is 1310 g/mol. The molecule has 0 aromatic rings. The topological polar surface area (TPSA) is 108 Å². The number of likely N-dealkylation sites (N-methyl/N-ethyl adjacent to an activating group) is 1. The molecule has 2 atom stereocenters. The fourth-order valence-electron chi connectivity index (χ4n) is 9.01. The number of phosphoric ester groups is 1. The van der Waals surface area contributed by atoms with E-state index in [2.05, 4.69) is 233 Å². The number of hydrogen-bond donors (Lipinski definition) is 1. The lowest BCUT2D eigenvalue weighted by Gasteiger charge is -2.24. The van der Waals surface area contributed by atoms with Crippen molar-refractivity contribution in [3.63, 3.8) is 0 Å². The van der Waals surface area contributed by atoms with Gasteiger partial charge in [-0.1, -0.05) is 303 Å². The van der Waals surface area contributed by atoms with Crippen LogP contribution < -0.4 is 0 Å². The molecule has 94 heavy (non-hydrogen) atoms. The van der Waals surface area contributed by atoms with Crippen LogP contribution in [0.25, 0.3) is 0 Å². The maximum atomic E-state index is 12.9. The van der Waals surface area contributed by atoms with Gasteiger partial charge in [0.2, 0.25) is 0 Å². The summed E-state index contributed by atoms with van der Waals surface area (Å²) >= 11 is 0. The number of unbranched alkanes of at least 4 members (excludes halogenated alkanes) is 14. The van der Waals surface area contributed by atoms with Gasteiger partial charge in [0.15, 0.2) is 6.10 Å². The van der Waals surface area contributed by atoms with Gasteiger partial charge in [0.1, 0.15) is 19.8 Å². The molecular formula is C84H133NO8P+. The Hall–Kier alpha value is -5.67. The first-order valence-corrected chi connectivity index (χ1v) is 38.0. The molecule has 0 aliphatic carbocycles. The van der Waals surface area contributed by atoms with Gasteiger partial charge in [-0.25, -0.2) is 4.57 Å². The molecule has 1 N–H and O–H groups in total. The van der Waals surface area contributed by atoms with E-state index in [9.17, 15) is 19.0 Å². The van der Waals surface area contributed by atoms with Gasteiger partial charge >= 0.3 is 19.8 Å². The van der Waals surface area contributed by atoms with Crippen LogP contribution in [0.15, 0.2) is 219 Å². The summed E-state index contributed by atoms with van der Waals surface area (Å²) < 4.78 is 34.6. The van der Waals surface area contributed by atoms with Gasteiger partial charge in [-0.2, -0.15) is 0 Å². The van der Waals surface area contributed by atoms with Crippen LogP contribution in [-0.4, -0.2) is 74.9 Å². The van der Waals surface area contributed by atoms with Gasteiger partial charge in [0.25, 0.3) is 0 Å². The number of esters is 2. The highest BCUT2D eigenvalue weighted by Gasteiger charge is 2.27. The Balaban J connectivity index is 4.17. The number of nitrogens with zero attached hydrogens (tertiary/aromatic N) is 1. The van der Waals surface area contributed by atoms with E-state index in [0.29, 0.717) is 23.9 Å². The molecule has 0 aliphatic heterocycles. The van der Waals surface area contributed by atoms with Gasteiger partial charge in [-0.15, -0.1) is 0 Å². The SMILES string of the molecule is CC/C=C\C/C=C\C/C=C\C/C=C\C/C=C\C/C=C\C/C=C\C/C=C\C/C=C\CCCCCCCCCCCCCCCC(=O)OC(COC(=O)CCC/C=C\C/C=C\C/C=C\C/C=C\C/C=C\C/C=C\C/C=C\C/C=C\C/C=C\CC)COP(=O)(O)OCC[N+](C)(C)C. The number of carbonyl (C=O) groups excluding carboxylic acids is 2. The van der Waals surface area contributed by atoms with Gasteiger partial charge in [-0.05, 0) is 148 Å². The Morgan fingerprint density at radius 3 is 0.883 bits per heavy atom. The van der Waals surface area contributed by atoms with Crippen molar-refractivity contribution in [2.45, 2.75) is 251 Å². The van der Waals surface area contributed by atoms with Crippen molar-refractivity contribution in [3.05, 3.63) is 219 Å². The summed E-state index contributed by atoms with van der Waals surface area (Å²) in [5, 5.41) is 0. The highest BCUT2D eigenvalue weighted by atomic mass is 31.2.